The van der Waals surface area contributed by atoms with E-state index in [1.807, 2.05) is 30.8 Å². The van der Waals surface area contributed by atoms with Crippen LogP contribution in [0.4, 0.5) is 10.1 Å². The first-order valence-electron chi connectivity index (χ1n) is 6.55. The molecule has 1 heterocycles. The molecule has 1 atom stereocenters. The highest BCUT2D eigenvalue weighted by Gasteiger charge is 2.23. The summed E-state index contributed by atoms with van der Waals surface area (Å²) in [5, 5.41) is 0. The first-order valence-corrected chi connectivity index (χ1v) is 7.54. The first kappa shape index (κ1) is 13.3. The molecule has 0 radical (unpaired) electrons. The zero-order valence-corrected chi connectivity index (χ0v) is 12.0. The van der Waals surface area contributed by atoms with Crippen molar-refractivity contribution in [1.82, 2.24) is 0 Å². The van der Waals surface area contributed by atoms with Crippen LogP contribution in [-0.4, -0.2) is 12.4 Å². The lowest BCUT2D eigenvalue weighted by molar-refractivity contribution is 0.284. The van der Waals surface area contributed by atoms with Gasteiger partial charge in [0.1, 0.15) is 0 Å². The molecule has 0 fully saturated rings. The normalized spacial score (nSPS) is 17.0. The fourth-order valence-corrected chi connectivity index (χ4v) is 3.57. The molecule has 0 aromatic heterocycles. The predicted molar refractivity (Wildman–Crippen MR) is 81.0 cm³/mol. The fourth-order valence-electron chi connectivity index (χ4n) is 2.34. The highest BCUT2D eigenvalue weighted by molar-refractivity contribution is 7.99. The maximum Gasteiger partial charge on any atom is 0.167 e. The Balaban J connectivity index is 1.74. The molecule has 2 aromatic carbocycles. The lowest BCUT2D eigenvalue weighted by Crippen LogP contribution is -2.10. The van der Waals surface area contributed by atoms with E-state index in [0.717, 1.165) is 11.3 Å². The summed E-state index contributed by atoms with van der Waals surface area (Å²) in [7, 11) is 0. The number of ether oxygens (including phenoxy) is 1. The molecule has 2 aromatic rings. The summed E-state index contributed by atoms with van der Waals surface area (Å²) in [5.74, 6) is 1.18. The monoisotopic (exact) mass is 289 g/mol. The molecule has 0 saturated heterocycles. The third kappa shape index (κ3) is 2.48. The van der Waals surface area contributed by atoms with Crippen LogP contribution < -0.4 is 10.5 Å². The van der Waals surface area contributed by atoms with Crippen molar-refractivity contribution in [3.63, 3.8) is 0 Å². The largest absolute Gasteiger partial charge is 0.490 e. The van der Waals surface area contributed by atoms with Crippen LogP contribution in [0.1, 0.15) is 17.0 Å². The molecule has 0 amide bonds. The molecule has 0 aliphatic carbocycles. The highest BCUT2D eigenvalue weighted by Crippen LogP contribution is 2.39. The van der Waals surface area contributed by atoms with Crippen molar-refractivity contribution in [2.75, 3.05) is 18.1 Å². The first-order chi connectivity index (χ1) is 9.65. The smallest absolute Gasteiger partial charge is 0.167 e. The molecular formula is C16H16FNOS. The van der Waals surface area contributed by atoms with E-state index in [1.54, 1.807) is 6.07 Å². The number of halogens is 1. The van der Waals surface area contributed by atoms with E-state index in [-0.39, 0.29) is 5.75 Å². The predicted octanol–water partition coefficient (Wildman–Crippen LogP) is 3.98. The van der Waals surface area contributed by atoms with Gasteiger partial charge < -0.3 is 10.5 Å². The zero-order valence-electron chi connectivity index (χ0n) is 11.2. The SMILES string of the molecule is Cc1cc(OCC2CSc3ccccc32)c(F)cc1N. The van der Waals surface area contributed by atoms with Gasteiger partial charge in [0.25, 0.3) is 0 Å². The number of aryl methyl sites for hydroxylation is 1. The maximum atomic E-state index is 13.8. The third-order valence-corrected chi connectivity index (χ3v) is 4.81. The molecule has 104 valence electrons. The summed E-state index contributed by atoms with van der Waals surface area (Å²) in [4.78, 5) is 1.30. The lowest BCUT2D eigenvalue weighted by atomic mass is 10.0. The Kier molecular flexibility index (Phi) is 3.57. The molecule has 1 aliphatic rings. The van der Waals surface area contributed by atoms with Gasteiger partial charge >= 0.3 is 0 Å². The van der Waals surface area contributed by atoms with Crippen LogP contribution >= 0.6 is 11.8 Å². The zero-order chi connectivity index (χ0) is 14.1. The van der Waals surface area contributed by atoms with E-state index in [0.29, 0.717) is 18.2 Å². The number of benzene rings is 2. The van der Waals surface area contributed by atoms with Crippen LogP contribution in [0.15, 0.2) is 41.3 Å². The van der Waals surface area contributed by atoms with Crippen molar-refractivity contribution in [2.45, 2.75) is 17.7 Å². The summed E-state index contributed by atoms with van der Waals surface area (Å²) in [5.41, 5.74) is 8.26. The van der Waals surface area contributed by atoms with Gasteiger partial charge in [-0.1, -0.05) is 18.2 Å². The van der Waals surface area contributed by atoms with Gasteiger partial charge in [0.15, 0.2) is 11.6 Å². The highest BCUT2D eigenvalue weighted by atomic mass is 32.2. The third-order valence-electron chi connectivity index (χ3n) is 3.56. The number of hydrogen-bond donors (Lipinski definition) is 1. The number of hydrogen-bond acceptors (Lipinski definition) is 3. The standard InChI is InChI=1S/C16H16FNOS/c1-10-6-15(13(17)7-14(10)18)19-8-11-9-20-16-5-3-2-4-12(11)16/h2-7,11H,8-9,18H2,1H3. The van der Waals surface area contributed by atoms with Gasteiger partial charge in [-0.05, 0) is 30.2 Å². The van der Waals surface area contributed by atoms with Gasteiger partial charge in [0.05, 0.1) is 6.61 Å². The van der Waals surface area contributed by atoms with E-state index in [9.17, 15) is 4.39 Å². The molecule has 3 rings (SSSR count). The van der Waals surface area contributed by atoms with Gasteiger partial charge in [0, 0.05) is 28.3 Å². The minimum Gasteiger partial charge on any atom is -0.490 e. The Bertz CT molecular complexity index is 644. The average molecular weight is 289 g/mol. The van der Waals surface area contributed by atoms with E-state index in [2.05, 4.69) is 12.1 Å². The Labute approximate surface area is 122 Å². The van der Waals surface area contributed by atoms with Gasteiger partial charge in [-0.2, -0.15) is 0 Å². The Morgan fingerprint density at radius 1 is 1.35 bits per heavy atom. The molecule has 1 unspecified atom stereocenters. The quantitative estimate of drug-likeness (QED) is 0.868. The summed E-state index contributed by atoms with van der Waals surface area (Å²) in [6, 6.07) is 11.3. The van der Waals surface area contributed by atoms with Crippen molar-refractivity contribution < 1.29 is 9.13 Å². The average Bonchev–Trinajstić information content (AvgIpc) is 2.85. The number of nitrogens with two attached hydrogens (primary N) is 1. The second-order valence-corrected chi connectivity index (χ2v) is 6.06. The fraction of sp³-hybridized carbons (Fsp3) is 0.250. The molecule has 20 heavy (non-hydrogen) atoms. The lowest BCUT2D eigenvalue weighted by Gasteiger charge is -2.14. The van der Waals surface area contributed by atoms with Crippen molar-refractivity contribution in [2.24, 2.45) is 0 Å². The van der Waals surface area contributed by atoms with Crippen molar-refractivity contribution >= 4 is 17.4 Å². The van der Waals surface area contributed by atoms with E-state index in [1.165, 1.54) is 16.5 Å². The minimum atomic E-state index is -0.396. The van der Waals surface area contributed by atoms with E-state index >= 15 is 0 Å². The van der Waals surface area contributed by atoms with Crippen LogP contribution in [0.5, 0.6) is 5.75 Å². The number of anilines is 1. The second kappa shape index (κ2) is 5.37. The molecule has 0 bridgehead atoms. The Morgan fingerprint density at radius 3 is 3.00 bits per heavy atom. The van der Waals surface area contributed by atoms with Crippen molar-refractivity contribution in [1.29, 1.82) is 0 Å². The van der Waals surface area contributed by atoms with Crippen molar-refractivity contribution in [3.8, 4) is 5.75 Å². The van der Waals surface area contributed by atoms with Crippen LogP contribution in [0.25, 0.3) is 0 Å². The number of nitrogen functional groups attached to an aromatic ring is 1. The molecule has 2 nitrogen and oxygen atoms in total. The number of rotatable bonds is 3. The van der Waals surface area contributed by atoms with Gasteiger partial charge in [-0.3, -0.25) is 0 Å². The maximum absolute atomic E-state index is 13.8. The summed E-state index contributed by atoms with van der Waals surface area (Å²) in [6.07, 6.45) is 0. The van der Waals surface area contributed by atoms with Crippen LogP contribution in [0.3, 0.4) is 0 Å². The molecule has 4 heteroatoms. The van der Waals surface area contributed by atoms with Crippen molar-refractivity contribution in [3.05, 3.63) is 53.3 Å². The molecule has 2 N–H and O–H groups in total. The van der Waals surface area contributed by atoms with Gasteiger partial charge in [-0.25, -0.2) is 4.39 Å². The van der Waals surface area contributed by atoms with Crippen LogP contribution in [0, 0.1) is 12.7 Å². The number of thioether (sulfide) groups is 1. The van der Waals surface area contributed by atoms with Gasteiger partial charge in [0.2, 0.25) is 0 Å². The topological polar surface area (TPSA) is 35.2 Å². The number of fused-ring (bicyclic) bond motifs is 1. The van der Waals surface area contributed by atoms with Gasteiger partial charge in [-0.15, -0.1) is 11.8 Å². The van der Waals surface area contributed by atoms with E-state index < -0.39 is 5.82 Å². The molecule has 0 spiro atoms. The Morgan fingerprint density at radius 2 is 2.15 bits per heavy atom. The minimum absolute atomic E-state index is 0.283. The molecule has 0 saturated carbocycles. The Hall–Kier alpha value is -1.68. The van der Waals surface area contributed by atoms with Crippen LogP contribution in [-0.2, 0) is 0 Å². The summed E-state index contributed by atoms with van der Waals surface area (Å²) in [6.45, 7) is 2.34. The summed E-state index contributed by atoms with van der Waals surface area (Å²) < 4.78 is 19.5. The summed E-state index contributed by atoms with van der Waals surface area (Å²) >= 11 is 1.83. The second-order valence-electron chi connectivity index (χ2n) is 5.00. The molecule has 1 aliphatic heterocycles. The van der Waals surface area contributed by atoms with Crippen LogP contribution in [0.2, 0.25) is 0 Å². The molecular weight excluding hydrogens is 273 g/mol. The van der Waals surface area contributed by atoms with E-state index in [4.69, 9.17) is 10.5 Å².